The Balaban J connectivity index is 1.62. The molecule has 7 aromatic rings. The second kappa shape index (κ2) is 12.4. The van der Waals surface area contributed by atoms with Gasteiger partial charge in [0.25, 0.3) is 7.37 Å². The van der Waals surface area contributed by atoms with Crippen molar-refractivity contribution in [2.75, 3.05) is 0 Å². The lowest BCUT2D eigenvalue weighted by molar-refractivity contribution is 0.410. The summed E-state index contributed by atoms with van der Waals surface area (Å²) in [5, 5.41) is -0.571. The van der Waals surface area contributed by atoms with Gasteiger partial charge in [-0.25, -0.2) is 0 Å². The Bertz CT molecular complexity index is 2390. The van der Waals surface area contributed by atoms with Gasteiger partial charge < -0.3 is 4.52 Å². The molecule has 244 valence electrons. The zero-order valence-corrected chi connectivity index (χ0v) is 28.9. The summed E-state index contributed by atoms with van der Waals surface area (Å²) >= 11 is 0. The van der Waals surface area contributed by atoms with Crippen LogP contribution >= 0.6 is 7.37 Å². The first-order valence-electron chi connectivity index (χ1n) is 17.4. The molecule has 2 nitrogen and oxygen atoms in total. The van der Waals surface area contributed by atoms with Crippen LogP contribution in [0.5, 0.6) is 0 Å². The Hall–Kier alpha value is -5.95. The average Bonchev–Trinajstić information content (AvgIpc) is 3.65. The Labute approximate surface area is 299 Å². The van der Waals surface area contributed by atoms with Crippen LogP contribution in [0.3, 0.4) is 0 Å². The number of allylic oxidation sites excluding steroid dienone is 3. The molecule has 0 aromatic heterocycles. The molecule has 1 aliphatic carbocycles. The van der Waals surface area contributed by atoms with Crippen molar-refractivity contribution in [1.29, 1.82) is 0 Å². The number of hydrogen-bond donors (Lipinski definition) is 0. The fourth-order valence-corrected chi connectivity index (χ4v) is 12.1. The van der Waals surface area contributed by atoms with Crippen molar-refractivity contribution < 1.29 is 9.09 Å². The van der Waals surface area contributed by atoms with Gasteiger partial charge in [-0.15, -0.1) is 0 Å². The summed E-state index contributed by atoms with van der Waals surface area (Å²) in [5.41, 5.74) is 7.99. The first-order valence-corrected chi connectivity index (χ1v) is 19.0. The summed E-state index contributed by atoms with van der Waals surface area (Å²) in [6.45, 7) is 0. The van der Waals surface area contributed by atoms with E-state index in [1.54, 1.807) is 0 Å². The molecule has 0 N–H and O–H groups in total. The highest BCUT2D eigenvalue weighted by atomic mass is 31.2. The number of rotatable bonds is 7. The lowest BCUT2D eigenvalue weighted by Gasteiger charge is -2.47. The van der Waals surface area contributed by atoms with E-state index in [1.807, 2.05) is 48.5 Å². The van der Waals surface area contributed by atoms with Gasteiger partial charge in [0, 0.05) is 10.9 Å². The van der Waals surface area contributed by atoms with E-state index < -0.39 is 17.9 Å². The van der Waals surface area contributed by atoms with E-state index in [4.69, 9.17) is 4.52 Å². The van der Waals surface area contributed by atoms with Crippen LogP contribution in [0, 0.1) is 0 Å². The lowest BCUT2D eigenvalue weighted by Crippen LogP contribution is -2.48. The monoisotopic (exact) mass is 674 g/mol. The molecule has 0 saturated carbocycles. The summed E-state index contributed by atoms with van der Waals surface area (Å²) in [4.78, 5) is 0. The summed E-state index contributed by atoms with van der Waals surface area (Å²) in [6.07, 6.45) is 0. The average molecular weight is 675 g/mol. The van der Waals surface area contributed by atoms with Gasteiger partial charge in [-0.3, -0.25) is 4.57 Å². The van der Waals surface area contributed by atoms with E-state index >= 15 is 4.57 Å². The molecule has 2 aliphatic rings. The smallest absolute Gasteiger partial charge is 0.293 e. The zero-order chi connectivity index (χ0) is 34.3. The molecule has 7 aromatic carbocycles. The third kappa shape index (κ3) is 4.40. The standard InChI is InChI=1S/C48H35O2P/c49-51(42-34-20-7-21-35-42)48(40-30-16-5-17-31-40,41-32-18-6-19-33-41)47(39-28-14-4-15-29-39)45(38-26-12-3-13-27-38)43(36-22-8-1-9-23-36)44(46(47)50-51)37-24-10-2-11-25-37/h1-35H. The van der Waals surface area contributed by atoms with Crippen molar-refractivity contribution in [1.82, 2.24) is 0 Å². The SMILES string of the molecule is O=P1(c2ccccc2)OC2=C(c3ccccc3)C(c3ccccc3)=C(c3ccccc3)C2(c2ccccc2)C1(c1ccccc1)c1ccccc1. The Kier molecular flexibility index (Phi) is 7.57. The molecule has 0 bridgehead atoms. The van der Waals surface area contributed by atoms with Crippen LogP contribution in [0.25, 0.3) is 16.7 Å². The third-order valence-corrected chi connectivity index (χ3v) is 13.7. The highest BCUT2D eigenvalue weighted by molar-refractivity contribution is 7.69. The van der Waals surface area contributed by atoms with Gasteiger partial charge in [0.2, 0.25) is 0 Å². The van der Waals surface area contributed by atoms with Crippen molar-refractivity contribution in [2.45, 2.75) is 10.6 Å². The van der Waals surface area contributed by atoms with E-state index in [2.05, 4.69) is 164 Å². The molecule has 1 aliphatic heterocycles. The normalized spacial score (nSPS) is 20.5. The second-order valence-corrected chi connectivity index (χ2v) is 15.6. The molecule has 1 saturated heterocycles. The molecule has 9 rings (SSSR count). The van der Waals surface area contributed by atoms with Crippen molar-refractivity contribution in [3.8, 4) is 0 Å². The molecular weight excluding hydrogens is 640 g/mol. The quantitative estimate of drug-likeness (QED) is 0.157. The van der Waals surface area contributed by atoms with Crippen molar-refractivity contribution in [2.24, 2.45) is 0 Å². The summed E-state index contributed by atoms with van der Waals surface area (Å²) < 4.78 is 24.8. The first-order chi connectivity index (χ1) is 25.2. The Morgan fingerprint density at radius 2 is 0.725 bits per heavy atom. The fourth-order valence-electron chi connectivity index (χ4n) is 8.68. The minimum Gasteiger partial charge on any atom is -0.441 e. The van der Waals surface area contributed by atoms with E-state index in [9.17, 15) is 0 Å². The Morgan fingerprint density at radius 3 is 1.18 bits per heavy atom. The van der Waals surface area contributed by atoms with Gasteiger partial charge >= 0.3 is 0 Å². The molecule has 51 heavy (non-hydrogen) atoms. The number of hydrogen-bond acceptors (Lipinski definition) is 2. The molecule has 2 unspecified atom stereocenters. The van der Waals surface area contributed by atoms with E-state index in [-0.39, 0.29) is 0 Å². The van der Waals surface area contributed by atoms with Crippen LogP contribution in [0.2, 0.25) is 0 Å². The van der Waals surface area contributed by atoms with Crippen LogP contribution in [0.4, 0.5) is 0 Å². The minimum atomic E-state index is -3.94. The van der Waals surface area contributed by atoms with Gasteiger partial charge in [-0.1, -0.05) is 200 Å². The Morgan fingerprint density at radius 1 is 0.373 bits per heavy atom. The van der Waals surface area contributed by atoms with Gasteiger partial charge in [-0.2, -0.15) is 0 Å². The summed E-state index contributed by atoms with van der Waals surface area (Å²) in [7, 11) is -3.94. The molecule has 0 spiro atoms. The zero-order valence-electron chi connectivity index (χ0n) is 28.0. The lowest BCUT2D eigenvalue weighted by atomic mass is 9.59. The highest BCUT2D eigenvalue weighted by Gasteiger charge is 2.77. The van der Waals surface area contributed by atoms with Gasteiger partial charge in [-0.05, 0) is 56.7 Å². The van der Waals surface area contributed by atoms with Crippen molar-refractivity contribution in [3.05, 3.63) is 251 Å². The fraction of sp³-hybridized carbons (Fsp3) is 0.0417. The maximum Gasteiger partial charge on any atom is 0.293 e. The van der Waals surface area contributed by atoms with E-state index in [0.717, 1.165) is 50.1 Å². The van der Waals surface area contributed by atoms with E-state index in [1.165, 1.54) is 0 Å². The number of benzene rings is 7. The third-order valence-electron chi connectivity index (χ3n) is 10.5. The first kappa shape index (κ1) is 31.1. The highest BCUT2D eigenvalue weighted by Crippen LogP contribution is 2.86. The molecular formula is C48H35O2P. The molecule has 0 radical (unpaired) electrons. The second-order valence-electron chi connectivity index (χ2n) is 13.1. The molecule has 1 heterocycles. The maximum atomic E-state index is 17.2. The summed E-state index contributed by atoms with van der Waals surface area (Å²) in [5.74, 6) is 0.706. The predicted molar refractivity (Wildman–Crippen MR) is 210 cm³/mol. The molecule has 2 atom stereocenters. The molecule has 0 amide bonds. The van der Waals surface area contributed by atoms with Gasteiger partial charge in [0.1, 0.15) is 16.3 Å². The maximum absolute atomic E-state index is 17.2. The van der Waals surface area contributed by atoms with Crippen molar-refractivity contribution in [3.63, 3.8) is 0 Å². The largest absolute Gasteiger partial charge is 0.441 e. The van der Waals surface area contributed by atoms with Crippen LogP contribution in [-0.2, 0) is 19.7 Å². The van der Waals surface area contributed by atoms with Crippen LogP contribution in [-0.4, -0.2) is 0 Å². The van der Waals surface area contributed by atoms with E-state index in [0.29, 0.717) is 11.1 Å². The van der Waals surface area contributed by atoms with Crippen LogP contribution in [0.15, 0.2) is 218 Å². The number of fused-ring (bicyclic) bond motifs is 1. The molecule has 3 heteroatoms. The van der Waals surface area contributed by atoms with Gasteiger partial charge in [0.05, 0.1) is 0 Å². The minimum absolute atomic E-state index is 0.677. The van der Waals surface area contributed by atoms with Crippen molar-refractivity contribution >= 4 is 29.4 Å². The topological polar surface area (TPSA) is 26.3 Å². The molecule has 1 fully saturated rings. The predicted octanol–water partition coefficient (Wildman–Crippen LogP) is 11.5. The summed E-state index contributed by atoms with van der Waals surface area (Å²) in [6, 6.07) is 73.2. The van der Waals surface area contributed by atoms with Crippen LogP contribution in [0.1, 0.15) is 33.4 Å². The van der Waals surface area contributed by atoms with Gasteiger partial charge in [0.15, 0.2) is 0 Å². The van der Waals surface area contributed by atoms with Crippen LogP contribution < -0.4 is 5.30 Å².